The Bertz CT molecular complexity index is 3.25. The SMILES string of the molecule is [Eu].[Eu].[Eu].[Rh]. The molecule has 0 aromatic carbocycles. The molecule has 0 saturated heterocycles. The molecule has 0 amide bonds. The van der Waals surface area contributed by atoms with Crippen LogP contribution in [0.5, 0.6) is 0 Å². The van der Waals surface area contributed by atoms with Crippen molar-refractivity contribution in [2.24, 2.45) is 0 Å². The van der Waals surface area contributed by atoms with Crippen LogP contribution >= 0.6 is 0 Å². The van der Waals surface area contributed by atoms with E-state index in [0.29, 0.717) is 0 Å². The van der Waals surface area contributed by atoms with Crippen LogP contribution in [0.4, 0.5) is 0 Å². The van der Waals surface area contributed by atoms with Crippen LogP contribution in [0.25, 0.3) is 0 Å². The molecule has 0 heterocycles. The van der Waals surface area contributed by atoms with Crippen molar-refractivity contribution in [1.82, 2.24) is 0 Å². The molecule has 0 aliphatic heterocycles. The first-order chi connectivity index (χ1) is 0. The molecule has 0 rings (SSSR count). The summed E-state index contributed by atoms with van der Waals surface area (Å²) < 4.78 is 0. The molecule has 4 heteroatoms. The third kappa shape index (κ3) is 10.4. The van der Waals surface area contributed by atoms with Crippen molar-refractivity contribution < 1.29 is 168 Å². The second-order valence-corrected chi connectivity index (χ2v) is 0. The third-order valence-corrected chi connectivity index (χ3v) is 0. The second kappa shape index (κ2) is 15.8. The first kappa shape index (κ1) is 22.8. The van der Waals surface area contributed by atoms with Crippen molar-refractivity contribution in [2.75, 3.05) is 0 Å². The van der Waals surface area contributed by atoms with E-state index in [9.17, 15) is 0 Å². The average molecular weight is 559 g/mol. The smallest absolute Gasteiger partial charge is 0 e. The van der Waals surface area contributed by atoms with Gasteiger partial charge in [0.05, 0.1) is 0 Å². The summed E-state index contributed by atoms with van der Waals surface area (Å²) in [7, 11) is 0. The molecule has 0 aromatic rings. The van der Waals surface area contributed by atoms with E-state index in [4.69, 9.17) is 0 Å². The van der Waals surface area contributed by atoms with Gasteiger partial charge in [-0.25, -0.2) is 0 Å². The Hall–Kier alpha value is 5.38. The van der Waals surface area contributed by atoms with Crippen LogP contribution in [0.15, 0.2) is 0 Å². The van der Waals surface area contributed by atoms with E-state index in [-0.39, 0.29) is 168 Å². The molecule has 0 fully saturated rings. The van der Waals surface area contributed by atoms with Crippen LogP contribution in [0, 0.1) is 148 Å². The average Bonchev–Trinajstić information content (AvgIpc) is 0. The first-order valence-corrected chi connectivity index (χ1v) is 0. The van der Waals surface area contributed by atoms with Gasteiger partial charge in [0.1, 0.15) is 0 Å². The molecular formula is Eu3Rh. The second-order valence-electron chi connectivity index (χ2n) is 0. The topological polar surface area (TPSA) is 0 Å². The normalized spacial score (nSPS) is 0. The molecule has 0 aliphatic rings. The minimum absolute atomic E-state index is 0. The summed E-state index contributed by atoms with van der Waals surface area (Å²) in [6.07, 6.45) is 0. The Morgan fingerprint density at radius 3 is 0.500 bits per heavy atom. The summed E-state index contributed by atoms with van der Waals surface area (Å²) >= 11 is 0. The fourth-order valence-corrected chi connectivity index (χ4v) is 0. The minimum Gasteiger partial charge on any atom is 0 e. The Balaban J connectivity index is 0. The molecule has 0 spiro atoms. The number of hydrogen-bond acceptors (Lipinski definition) is 0. The van der Waals surface area contributed by atoms with Crippen molar-refractivity contribution in [3.63, 3.8) is 0 Å². The molecule has 0 nitrogen and oxygen atoms in total. The van der Waals surface area contributed by atoms with Crippen LogP contribution in [-0.4, -0.2) is 0 Å². The molecule has 4 radical (unpaired) electrons. The fourth-order valence-electron chi connectivity index (χ4n) is 0. The molecule has 0 unspecified atom stereocenters. The Morgan fingerprint density at radius 2 is 0.500 bits per heavy atom. The Labute approximate surface area is 161 Å². The van der Waals surface area contributed by atoms with Gasteiger partial charge in [0.2, 0.25) is 0 Å². The molecule has 0 aromatic heterocycles. The number of rotatable bonds is 0. The molecule has 0 N–H and O–H groups in total. The fraction of sp³-hybridized carbons (Fsp3) is 0. The summed E-state index contributed by atoms with van der Waals surface area (Å²) in [6, 6.07) is 0. The maximum Gasteiger partial charge on any atom is 0 e. The van der Waals surface area contributed by atoms with E-state index in [1.807, 2.05) is 0 Å². The number of hydrogen-bond donors (Lipinski definition) is 0. The Morgan fingerprint density at radius 1 is 0.500 bits per heavy atom. The van der Waals surface area contributed by atoms with Crippen molar-refractivity contribution >= 4 is 0 Å². The summed E-state index contributed by atoms with van der Waals surface area (Å²) in [5.74, 6) is 0. The van der Waals surface area contributed by atoms with Crippen LogP contribution < -0.4 is 0 Å². The van der Waals surface area contributed by atoms with Crippen LogP contribution in [0.3, 0.4) is 0 Å². The van der Waals surface area contributed by atoms with E-state index in [0.717, 1.165) is 0 Å². The van der Waals surface area contributed by atoms with Crippen molar-refractivity contribution in [1.29, 1.82) is 0 Å². The molecule has 0 aliphatic carbocycles. The zero-order valence-electron chi connectivity index (χ0n) is 1.47. The zero-order valence-corrected chi connectivity index (χ0v) is 10.4. The van der Waals surface area contributed by atoms with Gasteiger partial charge in [0.15, 0.2) is 0 Å². The van der Waals surface area contributed by atoms with E-state index in [1.165, 1.54) is 0 Å². The predicted octanol–water partition coefficient (Wildman–Crippen LogP) is -0.00250. The van der Waals surface area contributed by atoms with E-state index in [2.05, 4.69) is 0 Å². The Kier molecular flexibility index (Phi) is 89.7. The molecule has 30 valence electrons. The van der Waals surface area contributed by atoms with Gasteiger partial charge in [0.25, 0.3) is 0 Å². The van der Waals surface area contributed by atoms with Crippen LogP contribution in [0.1, 0.15) is 0 Å². The molecule has 0 saturated carbocycles. The van der Waals surface area contributed by atoms with Gasteiger partial charge in [0, 0.05) is 168 Å². The van der Waals surface area contributed by atoms with Gasteiger partial charge >= 0.3 is 0 Å². The summed E-state index contributed by atoms with van der Waals surface area (Å²) in [5, 5.41) is 0. The first-order valence-electron chi connectivity index (χ1n) is 0. The summed E-state index contributed by atoms with van der Waals surface area (Å²) in [6.45, 7) is 0. The van der Waals surface area contributed by atoms with Gasteiger partial charge in [-0.2, -0.15) is 0 Å². The van der Waals surface area contributed by atoms with Crippen molar-refractivity contribution in [2.45, 2.75) is 0 Å². The van der Waals surface area contributed by atoms with Crippen LogP contribution in [0.2, 0.25) is 0 Å². The maximum absolute atomic E-state index is 0. The molecule has 0 atom stereocenters. The minimum atomic E-state index is 0. The van der Waals surface area contributed by atoms with Gasteiger partial charge in [-0.05, 0) is 0 Å². The molecule has 4 heavy (non-hydrogen) atoms. The summed E-state index contributed by atoms with van der Waals surface area (Å²) in [5.41, 5.74) is 0. The van der Waals surface area contributed by atoms with Crippen molar-refractivity contribution in [3.05, 3.63) is 0 Å². The largest absolute Gasteiger partial charge is 0 e. The van der Waals surface area contributed by atoms with Gasteiger partial charge in [-0.3, -0.25) is 0 Å². The third-order valence-electron chi connectivity index (χ3n) is 0. The van der Waals surface area contributed by atoms with Crippen molar-refractivity contribution in [3.8, 4) is 0 Å². The standard InChI is InChI=1S/3Eu.Rh. The molecule has 0 bridgehead atoms. The van der Waals surface area contributed by atoms with Gasteiger partial charge < -0.3 is 0 Å². The maximum atomic E-state index is 0. The van der Waals surface area contributed by atoms with E-state index < -0.39 is 0 Å². The van der Waals surface area contributed by atoms with Crippen LogP contribution in [-0.2, 0) is 19.5 Å². The molecular weight excluding hydrogens is 559 g/mol. The zero-order chi connectivity index (χ0) is 0. The van der Waals surface area contributed by atoms with Gasteiger partial charge in [-0.15, -0.1) is 0 Å². The van der Waals surface area contributed by atoms with E-state index in [1.54, 1.807) is 0 Å². The van der Waals surface area contributed by atoms with Gasteiger partial charge in [-0.1, -0.05) is 0 Å². The van der Waals surface area contributed by atoms with E-state index >= 15 is 0 Å². The monoisotopic (exact) mass is 562 g/mol. The predicted molar refractivity (Wildman–Crippen MR) is 0 cm³/mol. The quantitative estimate of drug-likeness (QED) is 0.368. The summed E-state index contributed by atoms with van der Waals surface area (Å²) in [4.78, 5) is 0.